The molecule has 1 fully saturated rings. The first-order chi connectivity index (χ1) is 10.4. The third-order valence-corrected chi connectivity index (χ3v) is 4.06. The Hall–Kier alpha value is -2.20. The Bertz CT molecular complexity index is 731. The van der Waals surface area contributed by atoms with Crippen LogP contribution in [-0.2, 0) is 13.1 Å². The van der Waals surface area contributed by atoms with Crippen molar-refractivity contribution >= 4 is 5.65 Å². The average molecular weight is 278 g/mol. The molecule has 0 aromatic carbocycles. The minimum absolute atomic E-state index is 0.715. The third-order valence-electron chi connectivity index (χ3n) is 4.06. The van der Waals surface area contributed by atoms with E-state index in [0.29, 0.717) is 6.04 Å². The van der Waals surface area contributed by atoms with E-state index in [4.69, 9.17) is 0 Å². The van der Waals surface area contributed by atoms with Crippen LogP contribution in [0.1, 0.15) is 24.1 Å². The average Bonchev–Trinajstić information content (AvgIpc) is 3.30. The van der Waals surface area contributed by atoms with E-state index in [9.17, 15) is 0 Å². The number of imidazole rings is 1. The molecule has 3 heterocycles. The maximum Gasteiger partial charge on any atom is 0.136 e. The summed E-state index contributed by atoms with van der Waals surface area (Å²) in [7, 11) is 0. The molecule has 0 spiro atoms. The predicted octanol–water partition coefficient (Wildman–Crippen LogP) is 2.89. The topological polar surface area (TPSA) is 33.4 Å². The van der Waals surface area contributed by atoms with E-state index in [1.54, 1.807) is 0 Å². The molecular weight excluding hydrogens is 260 g/mol. The van der Waals surface area contributed by atoms with Gasteiger partial charge in [-0.1, -0.05) is 6.07 Å². The molecule has 4 rings (SSSR count). The molecule has 0 saturated heterocycles. The van der Waals surface area contributed by atoms with Gasteiger partial charge in [-0.2, -0.15) is 0 Å². The van der Waals surface area contributed by atoms with E-state index in [1.165, 1.54) is 24.1 Å². The molecule has 0 atom stereocenters. The Balaban J connectivity index is 1.58. The molecule has 0 radical (unpaired) electrons. The zero-order valence-electron chi connectivity index (χ0n) is 11.9. The summed E-state index contributed by atoms with van der Waals surface area (Å²) in [4.78, 5) is 11.1. The maximum atomic E-state index is 4.48. The van der Waals surface area contributed by atoms with Gasteiger partial charge in [0.15, 0.2) is 0 Å². The summed E-state index contributed by atoms with van der Waals surface area (Å²) in [5.74, 6) is 0. The highest BCUT2D eigenvalue weighted by molar-refractivity contribution is 5.39. The summed E-state index contributed by atoms with van der Waals surface area (Å²) in [5, 5.41) is 0. The van der Waals surface area contributed by atoms with E-state index in [-0.39, 0.29) is 0 Å². The van der Waals surface area contributed by atoms with Crippen LogP contribution in [0.3, 0.4) is 0 Å². The molecule has 4 nitrogen and oxygen atoms in total. The Kier molecular flexibility index (Phi) is 3.16. The standard InChI is InChI=1S/C17H18N4/c1-2-10-21-16(11-19-17(21)3-1)13-20(15-4-5-15)12-14-6-8-18-9-7-14/h1-3,6-11,15H,4-5,12-13H2. The van der Waals surface area contributed by atoms with Gasteiger partial charge >= 0.3 is 0 Å². The van der Waals surface area contributed by atoms with Crippen molar-refractivity contribution in [2.45, 2.75) is 32.0 Å². The van der Waals surface area contributed by atoms with Crippen molar-refractivity contribution < 1.29 is 0 Å². The number of aromatic nitrogens is 3. The molecule has 0 N–H and O–H groups in total. The van der Waals surface area contributed by atoms with Crippen molar-refractivity contribution in [2.75, 3.05) is 0 Å². The highest BCUT2D eigenvalue weighted by atomic mass is 15.2. The van der Waals surface area contributed by atoms with Gasteiger partial charge in [-0.05, 0) is 42.7 Å². The van der Waals surface area contributed by atoms with Crippen molar-refractivity contribution in [3.63, 3.8) is 0 Å². The first-order valence-electron chi connectivity index (χ1n) is 7.44. The van der Waals surface area contributed by atoms with Gasteiger partial charge in [0, 0.05) is 37.7 Å². The van der Waals surface area contributed by atoms with E-state index in [0.717, 1.165) is 18.7 Å². The highest BCUT2D eigenvalue weighted by Crippen LogP contribution is 2.29. The normalized spacial score (nSPS) is 14.9. The van der Waals surface area contributed by atoms with Gasteiger partial charge in [-0.25, -0.2) is 4.98 Å². The van der Waals surface area contributed by atoms with Gasteiger partial charge in [-0.15, -0.1) is 0 Å². The summed E-state index contributed by atoms with van der Waals surface area (Å²) >= 11 is 0. The third kappa shape index (κ3) is 2.67. The molecule has 4 heteroatoms. The lowest BCUT2D eigenvalue weighted by Gasteiger charge is -2.21. The quantitative estimate of drug-likeness (QED) is 0.719. The van der Waals surface area contributed by atoms with Gasteiger partial charge in [0.05, 0.1) is 11.9 Å². The largest absolute Gasteiger partial charge is 0.303 e. The second-order valence-electron chi connectivity index (χ2n) is 5.67. The predicted molar refractivity (Wildman–Crippen MR) is 81.7 cm³/mol. The molecule has 3 aromatic rings. The molecule has 1 saturated carbocycles. The molecule has 0 amide bonds. The van der Waals surface area contributed by atoms with Gasteiger partial charge in [0.1, 0.15) is 5.65 Å². The van der Waals surface area contributed by atoms with Crippen LogP contribution in [0.2, 0.25) is 0 Å². The summed E-state index contributed by atoms with van der Waals surface area (Å²) in [5.41, 5.74) is 3.60. The number of rotatable bonds is 5. The molecule has 21 heavy (non-hydrogen) atoms. The van der Waals surface area contributed by atoms with Crippen molar-refractivity contribution in [3.05, 3.63) is 66.4 Å². The van der Waals surface area contributed by atoms with Gasteiger partial charge in [0.25, 0.3) is 0 Å². The second kappa shape index (κ2) is 5.30. The molecule has 106 valence electrons. The van der Waals surface area contributed by atoms with Crippen molar-refractivity contribution in [3.8, 4) is 0 Å². The highest BCUT2D eigenvalue weighted by Gasteiger charge is 2.29. The van der Waals surface area contributed by atoms with Crippen LogP contribution in [-0.4, -0.2) is 25.3 Å². The van der Waals surface area contributed by atoms with Gasteiger partial charge in [-0.3, -0.25) is 9.88 Å². The van der Waals surface area contributed by atoms with Crippen molar-refractivity contribution in [1.29, 1.82) is 0 Å². The fourth-order valence-electron chi connectivity index (χ4n) is 2.79. The molecule has 1 aliphatic rings. The van der Waals surface area contributed by atoms with Crippen LogP contribution in [0.15, 0.2) is 55.1 Å². The second-order valence-corrected chi connectivity index (χ2v) is 5.67. The van der Waals surface area contributed by atoms with Gasteiger partial charge in [0.2, 0.25) is 0 Å². The Morgan fingerprint density at radius 2 is 1.95 bits per heavy atom. The van der Waals surface area contributed by atoms with E-state index in [2.05, 4.69) is 43.7 Å². The first kappa shape index (κ1) is 12.5. The van der Waals surface area contributed by atoms with E-state index >= 15 is 0 Å². The van der Waals surface area contributed by atoms with Crippen LogP contribution in [0.5, 0.6) is 0 Å². The lowest BCUT2D eigenvalue weighted by molar-refractivity contribution is 0.242. The van der Waals surface area contributed by atoms with E-state index < -0.39 is 0 Å². The monoisotopic (exact) mass is 278 g/mol. The minimum Gasteiger partial charge on any atom is -0.303 e. The molecule has 0 aliphatic heterocycles. The first-order valence-corrected chi connectivity index (χ1v) is 7.44. The fourth-order valence-corrected chi connectivity index (χ4v) is 2.79. The SMILES string of the molecule is c1ccn2c(CN(Cc3ccncc3)C3CC3)cnc2c1. The number of hydrogen-bond donors (Lipinski definition) is 0. The zero-order chi connectivity index (χ0) is 14.1. The summed E-state index contributed by atoms with van der Waals surface area (Å²) in [6.07, 6.45) is 10.4. The maximum absolute atomic E-state index is 4.48. The van der Waals surface area contributed by atoms with Crippen LogP contribution < -0.4 is 0 Å². The van der Waals surface area contributed by atoms with Crippen LogP contribution in [0, 0.1) is 0 Å². The number of pyridine rings is 2. The molecule has 1 aliphatic carbocycles. The smallest absolute Gasteiger partial charge is 0.136 e. The molecule has 3 aromatic heterocycles. The summed E-state index contributed by atoms with van der Waals surface area (Å²) < 4.78 is 2.18. The van der Waals surface area contributed by atoms with Crippen molar-refractivity contribution in [1.82, 2.24) is 19.3 Å². The lowest BCUT2D eigenvalue weighted by atomic mass is 10.2. The molecular formula is C17H18N4. The molecule has 0 unspecified atom stereocenters. The molecule has 0 bridgehead atoms. The van der Waals surface area contributed by atoms with Crippen LogP contribution >= 0.6 is 0 Å². The van der Waals surface area contributed by atoms with Crippen LogP contribution in [0.25, 0.3) is 5.65 Å². The van der Waals surface area contributed by atoms with E-state index in [1.807, 2.05) is 30.7 Å². The minimum atomic E-state index is 0.715. The van der Waals surface area contributed by atoms with Crippen molar-refractivity contribution in [2.24, 2.45) is 0 Å². The lowest BCUT2D eigenvalue weighted by Crippen LogP contribution is -2.25. The number of fused-ring (bicyclic) bond motifs is 1. The number of nitrogens with zero attached hydrogens (tertiary/aromatic N) is 4. The summed E-state index contributed by atoms with van der Waals surface area (Å²) in [6, 6.07) is 11.1. The fraction of sp³-hybridized carbons (Fsp3) is 0.294. The van der Waals surface area contributed by atoms with Crippen LogP contribution in [0.4, 0.5) is 0 Å². The Morgan fingerprint density at radius 3 is 2.76 bits per heavy atom. The summed E-state index contributed by atoms with van der Waals surface area (Å²) in [6.45, 7) is 1.92. The number of hydrogen-bond acceptors (Lipinski definition) is 3. The Morgan fingerprint density at radius 1 is 1.10 bits per heavy atom. The Labute approximate surface area is 124 Å². The zero-order valence-corrected chi connectivity index (χ0v) is 11.9. The van der Waals surface area contributed by atoms with Gasteiger partial charge < -0.3 is 4.40 Å².